The van der Waals surface area contributed by atoms with Crippen molar-refractivity contribution in [2.45, 2.75) is 37.5 Å². The lowest BCUT2D eigenvalue weighted by molar-refractivity contribution is -0.118. The van der Waals surface area contributed by atoms with Gasteiger partial charge < -0.3 is 10.6 Å². The minimum atomic E-state index is -0.110. The summed E-state index contributed by atoms with van der Waals surface area (Å²) in [5, 5.41) is 6.78. The van der Waals surface area contributed by atoms with E-state index in [1.54, 1.807) is 11.8 Å². The normalized spacial score (nSPS) is 18.8. The molecular formula is C12H20N2OS. The quantitative estimate of drug-likeness (QED) is 0.704. The number of rotatable bonds is 5. The second-order valence-electron chi connectivity index (χ2n) is 3.96. The zero-order valence-electron chi connectivity index (χ0n) is 9.79. The summed E-state index contributed by atoms with van der Waals surface area (Å²) in [6.07, 6.45) is 8.40. The van der Waals surface area contributed by atoms with Gasteiger partial charge >= 0.3 is 0 Å². The van der Waals surface area contributed by atoms with Crippen LogP contribution in [0.3, 0.4) is 0 Å². The smallest absolute Gasteiger partial charge is 0.230 e. The third kappa shape index (κ3) is 4.91. The van der Waals surface area contributed by atoms with Crippen LogP contribution in [-0.4, -0.2) is 36.0 Å². The van der Waals surface area contributed by atoms with E-state index in [0.29, 0.717) is 11.0 Å². The summed E-state index contributed by atoms with van der Waals surface area (Å²) >= 11 is 1.75. The molecule has 2 N–H and O–H groups in total. The highest BCUT2D eigenvalue weighted by atomic mass is 32.2. The van der Waals surface area contributed by atoms with Crippen LogP contribution in [0.15, 0.2) is 0 Å². The fraction of sp³-hybridized carbons (Fsp3) is 0.750. The molecule has 16 heavy (non-hydrogen) atoms. The van der Waals surface area contributed by atoms with E-state index in [4.69, 9.17) is 6.42 Å². The maximum Gasteiger partial charge on any atom is 0.230 e. The van der Waals surface area contributed by atoms with Gasteiger partial charge in [0.25, 0.3) is 0 Å². The van der Waals surface area contributed by atoms with Gasteiger partial charge in [0.1, 0.15) is 0 Å². The van der Waals surface area contributed by atoms with Crippen LogP contribution in [0, 0.1) is 12.3 Å². The lowest BCUT2D eigenvalue weighted by Crippen LogP contribution is -2.35. The summed E-state index contributed by atoms with van der Waals surface area (Å²) in [4.78, 5) is 11.6. The Balaban J connectivity index is 2.16. The summed E-state index contributed by atoms with van der Waals surface area (Å²) in [5.41, 5.74) is 0. The van der Waals surface area contributed by atoms with Crippen molar-refractivity contribution < 1.29 is 4.79 Å². The molecule has 1 rings (SSSR count). The number of thioether (sulfide) groups is 1. The molecule has 1 unspecified atom stereocenters. The monoisotopic (exact) mass is 240 g/mol. The minimum Gasteiger partial charge on any atom is -0.342 e. The van der Waals surface area contributed by atoms with Crippen LogP contribution in [0.2, 0.25) is 0 Å². The summed E-state index contributed by atoms with van der Waals surface area (Å²) in [6.45, 7) is 4.12. The third-order valence-electron chi connectivity index (χ3n) is 2.68. The lowest BCUT2D eigenvalue weighted by atomic mass is 10.2. The van der Waals surface area contributed by atoms with Crippen LogP contribution >= 0.6 is 11.8 Å². The molecule has 4 heteroatoms. The molecule has 0 aromatic rings. The SMILES string of the molecule is C#CC(CC)NC(=O)CSC1CCNCC1. The fourth-order valence-electron chi connectivity index (χ4n) is 1.65. The molecule has 1 heterocycles. The van der Waals surface area contributed by atoms with Crippen molar-refractivity contribution >= 4 is 17.7 Å². The second-order valence-corrected chi connectivity index (χ2v) is 5.24. The van der Waals surface area contributed by atoms with Gasteiger partial charge in [-0.3, -0.25) is 4.79 Å². The van der Waals surface area contributed by atoms with Gasteiger partial charge in [0, 0.05) is 5.25 Å². The van der Waals surface area contributed by atoms with Crippen LogP contribution in [0.1, 0.15) is 26.2 Å². The number of piperidine rings is 1. The Morgan fingerprint density at radius 1 is 1.62 bits per heavy atom. The summed E-state index contributed by atoms with van der Waals surface area (Å²) in [5.74, 6) is 3.16. The van der Waals surface area contributed by atoms with E-state index in [0.717, 1.165) is 32.4 Å². The molecule has 1 aliphatic rings. The van der Waals surface area contributed by atoms with Crippen molar-refractivity contribution in [3.05, 3.63) is 0 Å². The molecule has 0 spiro atoms. The molecule has 1 saturated heterocycles. The van der Waals surface area contributed by atoms with E-state index >= 15 is 0 Å². The Morgan fingerprint density at radius 2 is 2.31 bits per heavy atom. The number of terminal acetylenes is 1. The lowest BCUT2D eigenvalue weighted by Gasteiger charge is -2.22. The van der Waals surface area contributed by atoms with E-state index < -0.39 is 0 Å². The molecule has 1 atom stereocenters. The summed E-state index contributed by atoms with van der Waals surface area (Å²) < 4.78 is 0. The highest BCUT2D eigenvalue weighted by Crippen LogP contribution is 2.19. The third-order valence-corrected chi connectivity index (χ3v) is 4.05. The van der Waals surface area contributed by atoms with E-state index in [-0.39, 0.29) is 11.9 Å². The molecule has 90 valence electrons. The molecule has 0 bridgehead atoms. The van der Waals surface area contributed by atoms with Gasteiger partial charge in [0.2, 0.25) is 5.91 Å². The first-order chi connectivity index (χ1) is 7.76. The largest absolute Gasteiger partial charge is 0.342 e. The fourth-order valence-corrected chi connectivity index (χ4v) is 2.69. The zero-order valence-corrected chi connectivity index (χ0v) is 10.6. The molecule has 0 saturated carbocycles. The maximum absolute atomic E-state index is 11.6. The van der Waals surface area contributed by atoms with E-state index in [1.165, 1.54) is 0 Å². The number of carbonyl (C=O) groups is 1. The number of hydrogen-bond donors (Lipinski definition) is 2. The van der Waals surface area contributed by atoms with Gasteiger partial charge in [-0.25, -0.2) is 0 Å². The first-order valence-corrected chi connectivity index (χ1v) is 6.89. The first kappa shape index (κ1) is 13.4. The Morgan fingerprint density at radius 3 is 2.88 bits per heavy atom. The molecular weight excluding hydrogens is 220 g/mol. The van der Waals surface area contributed by atoms with Gasteiger partial charge in [-0.2, -0.15) is 0 Å². The van der Waals surface area contributed by atoms with Crippen LogP contribution in [-0.2, 0) is 4.79 Å². The minimum absolute atomic E-state index is 0.0633. The van der Waals surface area contributed by atoms with Crippen LogP contribution in [0.25, 0.3) is 0 Å². The Labute approximate surface area is 102 Å². The number of hydrogen-bond acceptors (Lipinski definition) is 3. The summed E-state index contributed by atoms with van der Waals surface area (Å²) in [7, 11) is 0. The maximum atomic E-state index is 11.6. The van der Waals surface area contributed by atoms with Crippen molar-refractivity contribution in [1.29, 1.82) is 0 Å². The number of nitrogens with one attached hydrogen (secondary N) is 2. The molecule has 0 aromatic carbocycles. The van der Waals surface area contributed by atoms with Crippen LogP contribution in [0.5, 0.6) is 0 Å². The van der Waals surface area contributed by atoms with Crippen LogP contribution < -0.4 is 10.6 Å². The van der Waals surface area contributed by atoms with E-state index in [2.05, 4.69) is 16.6 Å². The predicted octanol–water partition coefficient (Wildman–Crippen LogP) is 1.000. The molecule has 0 radical (unpaired) electrons. The Kier molecular flexibility index (Phi) is 6.36. The van der Waals surface area contributed by atoms with Crippen molar-refractivity contribution in [2.75, 3.05) is 18.8 Å². The second kappa shape index (κ2) is 7.59. The Hall–Kier alpha value is -0.660. The molecule has 0 aromatic heterocycles. The summed E-state index contributed by atoms with van der Waals surface area (Å²) in [6, 6.07) is -0.110. The average Bonchev–Trinajstić information content (AvgIpc) is 2.34. The Bertz CT molecular complexity index is 256. The molecule has 1 aliphatic heterocycles. The van der Waals surface area contributed by atoms with Gasteiger partial charge in [-0.05, 0) is 32.4 Å². The van der Waals surface area contributed by atoms with Crippen molar-refractivity contribution in [3.8, 4) is 12.3 Å². The topological polar surface area (TPSA) is 41.1 Å². The standard InChI is InChI=1S/C12H20N2OS/c1-3-10(4-2)14-12(15)9-16-11-5-7-13-8-6-11/h1,10-11,13H,4-9H2,2H3,(H,14,15). The van der Waals surface area contributed by atoms with E-state index in [9.17, 15) is 4.79 Å². The van der Waals surface area contributed by atoms with Crippen LogP contribution in [0.4, 0.5) is 0 Å². The van der Waals surface area contributed by atoms with Gasteiger partial charge in [-0.15, -0.1) is 18.2 Å². The highest BCUT2D eigenvalue weighted by molar-refractivity contribution is 8.00. The van der Waals surface area contributed by atoms with Gasteiger partial charge in [0.05, 0.1) is 11.8 Å². The number of carbonyl (C=O) groups excluding carboxylic acids is 1. The van der Waals surface area contributed by atoms with Crippen molar-refractivity contribution in [3.63, 3.8) is 0 Å². The molecule has 0 aliphatic carbocycles. The van der Waals surface area contributed by atoms with E-state index in [1.807, 2.05) is 6.92 Å². The predicted molar refractivity (Wildman–Crippen MR) is 69.4 cm³/mol. The zero-order chi connectivity index (χ0) is 11.8. The average molecular weight is 240 g/mol. The highest BCUT2D eigenvalue weighted by Gasteiger charge is 2.15. The molecule has 3 nitrogen and oxygen atoms in total. The van der Waals surface area contributed by atoms with Gasteiger partial charge in [0.15, 0.2) is 0 Å². The first-order valence-electron chi connectivity index (χ1n) is 5.84. The van der Waals surface area contributed by atoms with Crippen molar-refractivity contribution in [2.24, 2.45) is 0 Å². The number of amides is 1. The molecule has 1 amide bonds. The molecule has 1 fully saturated rings. The van der Waals surface area contributed by atoms with Crippen molar-refractivity contribution in [1.82, 2.24) is 10.6 Å². The van der Waals surface area contributed by atoms with Gasteiger partial charge in [-0.1, -0.05) is 12.8 Å².